The molecule has 0 aromatic heterocycles. The molecule has 1 fully saturated rings. The van der Waals surface area contributed by atoms with Crippen LogP contribution in [0.15, 0.2) is 30.5 Å². The summed E-state index contributed by atoms with van der Waals surface area (Å²) >= 11 is 11.8. The first-order chi connectivity index (χ1) is 8.56. The van der Waals surface area contributed by atoms with E-state index in [1.165, 1.54) is 0 Å². The van der Waals surface area contributed by atoms with E-state index in [2.05, 4.69) is 22.7 Å². The van der Waals surface area contributed by atoms with Gasteiger partial charge in [-0.05, 0) is 24.6 Å². The van der Waals surface area contributed by atoms with Gasteiger partial charge >= 0.3 is 0 Å². The normalized spacial score (nSPS) is 18.3. The van der Waals surface area contributed by atoms with E-state index in [0.29, 0.717) is 27.9 Å². The number of anilines is 1. The van der Waals surface area contributed by atoms with Gasteiger partial charge in [0.25, 0.3) is 0 Å². The van der Waals surface area contributed by atoms with Crippen molar-refractivity contribution >= 4 is 34.8 Å². The fourth-order valence-corrected chi connectivity index (χ4v) is 2.16. The van der Waals surface area contributed by atoms with Crippen LogP contribution in [-0.2, 0) is 4.79 Å². The highest BCUT2D eigenvalue weighted by molar-refractivity contribution is 6.36. The van der Waals surface area contributed by atoms with Gasteiger partial charge in [-0.3, -0.25) is 10.2 Å². The lowest BCUT2D eigenvalue weighted by Gasteiger charge is -2.17. The predicted octanol–water partition coefficient (Wildman–Crippen LogP) is 2.70. The number of halogens is 2. The minimum absolute atomic E-state index is 0.0453. The number of benzene rings is 1. The van der Waals surface area contributed by atoms with E-state index in [9.17, 15) is 4.79 Å². The molecule has 0 bridgehead atoms. The summed E-state index contributed by atoms with van der Waals surface area (Å²) in [5.41, 5.74) is 7.28. The fourth-order valence-electron chi connectivity index (χ4n) is 1.70. The summed E-state index contributed by atoms with van der Waals surface area (Å²) in [5.74, 6) is 0.0486. The van der Waals surface area contributed by atoms with Crippen molar-refractivity contribution in [2.45, 2.75) is 18.9 Å². The van der Waals surface area contributed by atoms with Gasteiger partial charge in [-0.2, -0.15) is 0 Å². The molecular formula is C12H13Cl2N3O. The molecule has 1 aliphatic heterocycles. The van der Waals surface area contributed by atoms with Crippen LogP contribution >= 0.6 is 23.2 Å². The number of carbonyl (C=O) groups is 1. The van der Waals surface area contributed by atoms with Crippen LogP contribution < -0.4 is 16.2 Å². The Kier molecular flexibility index (Phi) is 3.99. The second-order valence-corrected chi connectivity index (χ2v) is 4.90. The van der Waals surface area contributed by atoms with Crippen LogP contribution in [0.5, 0.6) is 0 Å². The summed E-state index contributed by atoms with van der Waals surface area (Å²) in [4.78, 5) is 11.1. The van der Waals surface area contributed by atoms with Crippen molar-refractivity contribution in [1.29, 1.82) is 0 Å². The summed E-state index contributed by atoms with van der Waals surface area (Å²) in [5, 5.41) is 3.91. The maximum atomic E-state index is 11.1. The monoisotopic (exact) mass is 285 g/mol. The first kappa shape index (κ1) is 13.1. The number of hydrogen-bond donors (Lipinski definition) is 3. The number of hydrogen-bond acceptors (Lipinski definition) is 3. The molecule has 1 aliphatic rings. The Balaban J connectivity index is 1.91. The van der Waals surface area contributed by atoms with Crippen molar-refractivity contribution in [3.63, 3.8) is 0 Å². The molecule has 0 radical (unpaired) electrons. The van der Waals surface area contributed by atoms with Crippen molar-refractivity contribution in [3.05, 3.63) is 40.5 Å². The molecule has 1 heterocycles. The molecule has 1 unspecified atom stereocenters. The molecule has 0 saturated carbocycles. The minimum atomic E-state index is -0.0453. The third-order valence-corrected chi connectivity index (χ3v) is 3.25. The number of carbonyl (C=O) groups excluding carboxylic acids is 1. The van der Waals surface area contributed by atoms with Crippen LogP contribution in [-0.4, -0.2) is 11.9 Å². The van der Waals surface area contributed by atoms with E-state index in [0.717, 1.165) is 6.42 Å². The van der Waals surface area contributed by atoms with Gasteiger partial charge in [-0.1, -0.05) is 29.8 Å². The molecule has 2 rings (SSSR count). The highest BCUT2D eigenvalue weighted by Gasteiger charge is 2.22. The largest absolute Gasteiger partial charge is 0.348 e. The molecule has 4 nitrogen and oxygen atoms in total. The third-order valence-electron chi connectivity index (χ3n) is 2.70. The van der Waals surface area contributed by atoms with Gasteiger partial charge in [0.15, 0.2) is 0 Å². The van der Waals surface area contributed by atoms with Gasteiger partial charge in [0.05, 0.1) is 16.8 Å². The predicted molar refractivity (Wildman–Crippen MR) is 73.5 cm³/mol. The zero-order valence-electron chi connectivity index (χ0n) is 9.59. The van der Waals surface area contributed by atoms with Gasteiger partial charge in [0.2, 0.25) is 5.91 Å². The zero-order chi connectivity index (χ0) is 13.1. The number of amides is 1. The SMILES string of the molecule is C=C(NNc1ccc(Cl)cc1Cl)C1CCC(=O)N1. The van der Waals surface area contributed by atoms with E-state index in [4.69, 9.17) is 23.2 Å². The maximum absolute atomic E-state index is 11.1. The van der Waals surface area contributed by atoms with Gasteiger partial charge in [-0.25, -0.2) is 0 Å². The molecular weight excluding hydrogens is 273 g/mol. The molecule has 1 aromatic rings. The Morgan fingerprint density at radius 1 is 1.44 bits per heavy atom. The standard InChI is InChI=1S/C12H13Cl2N3O/c1-7(10-4-5-12(18)15-10)16-17-11-3-2-8(13)6-9(11)14/h2-3,6,10,16-17H,1,4-5H2,(H,15,18). The third kappa shape index (κ3) is 3.09. The van der Waals surface area contributed by atoms with Crippen LogP contribution in [0.2, 0.25) is 10.0 Å². The van der Waals surface area contributed by atoms with E-state index in [-0.39, 0.29) is 11.9 Å². The van der Waals surface area contributed by atoms with Crippen LogP contribution in [0.1, 0.15) is 12.8 Å². The molecule has 1 aromatic carbocycles. The molecule has 1 saturated heterocycles. The Morgan fingerprint density at radius 2 is 2.22 bits per heavy atom. The molecule has 0 spiro atoms. The number of nitrogens with one attached hydrogen (secondary N) is 3. The average Bonchev–Trinajstić information content (AvgIpc) is 2.74. The van der Waals surface area contributed by atoms with Crippen molar-refractivity contribution in [1.82, 2.24) is 10.7 Å². The molecule has 1 atom stereocenters. The quantitative estimate of drug-likeness (QED) is 0.746. The van der Waals surface area contributed by atoms with Crippen LogP contribution in [0, 0.1) is 0 Å². The van der Waals surface area contributed by atoms with E-state index in [1.807, 2.05) is 0 Å². The smallest absolute Gasteiger partial charge is 0.220 e. The highest BCUT2D eigenvalue weighted by Crippen LogP contribution is 2.25. The second kappa shape index (κ2) is 5.50. The van der Waals surface area contributed by atoms with Gasteiger partial charge in [0, 0.05) is 17.1 Å². The molecule has 6 heteroatoms. The fraction of sp³-hybridized carbons (Fsp3) is 0.250. The molecule has 96 valence electrons. The van der Waals surface area contributed by atoms with Gasteiger partial charge < -0.3 is 10.7 Å². The van der Waals surface area contributed by atoms with Crippen LogP contribution in [0.25, 0.3) is 0 Å². The van der Waals surface area contributed by atoms with Crippen LogP contribution in [0.4, 0.5) is 5.69 Å². The Labute approximate surface area is 115 Å². The minimum Gasteiger partial charge on any atom is -0.348 e. The van der Waals surface area contributed by atoms with Gasteiger partial charge in [-0.15, -0.1) is 0 Å². The van der Waals surface area contributed by atoms with E-state index in [1.54, 1.807) is 18.2 Å². The zero-order valence-corrected chi connectivity index (χ0v) is 11.1. The summed E-state index contributed by atoms with van der Waals surface area (Å²) < 4.78 is 0. The summed E-state index contributed by atoms with van der Waals surface area (Å²) in [6, 6.07) is 5.10. The summed E-state index contributed by atoms with van der Waals surface area (Å²) in [6.07, 6.45) is 1.29. The number of rotatable bonds is 4. The molecule has 1 amide bonds. The average molecular weight is 286 g/mol. The Hall–Kier alpha value is -1.39. The summed E-state index contributed by atoms with van der Waals surface area (Å²) in [7, 11) is 0. The summed E-state index contributed by atoms with van der Waals surface area (Å²) in [6.45, 7) is 3.88. The lowest BCUT2D eigenvalue weighted by Crippen LogP contribution is -2.35. The second-order valence-electron chi connectivity index (χ2n) is 4.06. The molecule has 3 N–H and O–H groups in total. The van der Waals surface area contributed by atoms with Crippen molar-refractivity contribution in [2.75, 3.05) is 5.43 Å². The van der Waals surface area contributed by atoms with Gasteiger partial charge in [0.1, 0.15) is 0 Å². The van der Waals surface area contributed by atoms with E-state index >= 15 is 0 Å². The van der Waals surface area contributed by atoms with Crippen molar-refractivity contribution in [2.24, 2.45) is 0 Å². The van der Waals surface area contributed by atoms with Crippen LogP contribution in [0.3, 0.4) is 0 Å². The highest BCUT2D eigenvalue weighted by atomic mass is 35.5. The Bertz CT molecular complexity index is 490. The lowest BCUT2D eigenvalue weighted by atomic mass is 10.2. The first-order valence-corrected chi connectivity index (χ1v) is 6.27. The molecule has 18 heavy (non-hydrogen) atoms. The lowest BCUT2D eigenvalue weighted by molar-refractivity contribution is -0.119. The Morgan fingerprint density at radius 3 is 2.83 bits per heavy atom. The topological polar surface area (TPSA) is 53.2 Å². The molecule has 0 aliphatic carbocycles. The first-order valence-electron chi connectivity index (χ1n) is 5.51. The maximum Gasteiger partial charge on any atom is 0.220 e. The van der Waals surface area contributed by atoms with Crippen molar-refractivity contribution in [3.8, 4) is 0 Å². The number of hydrazine groups is 1. The van der Waals surface area contributed by atoms with Crippen molar-refractivity contribution < 1.29 is 4.79 Å². The van der Waals surface area contributed by atoms with E-state index < -0.39 is 0 Å².